The fraction of sp³-hybridized carbons (Fsp3) is 0.231. The number of halogens is 1. The van der Waals surface area contributed by atoms with Crippen LogP contribution in [0.4, 0.5) is 0 Å². The number of nitrogens with two attached hydrogens (primary N) is 1. The van der Waals surface area contributed by atoms with Gasteiger partial charge in [0.05, 0.1) is 10.5 Å². The maximum Gasteiger partial charge on any atom is 0.269 e. The number of carbonyl (C=O) groups is 1. The normalized spacial score (nSPS) is 10.6. The van der Waals surface area contributed by atoms with E-state index in [9.17, 15) is 4.79 Å². The Morgan fingerprint density at radius 2 is 2.17 bits per heavy atom. The highest BCUT2D eigenvalue weighted by Gasteiger charge is 2.10. The summed E-state index contributed by atoms with van der Waals surface area (Å²) in [6, 6.07) is 9.04. The Balaban J connectivity index is 2.26. The van der Waals surface area contributed by atoms with Gasteiger partial charge in [0, 0.05) is 11.9 Å². The maximum atomic E-state index is 11.8. The van der Waals surface area contributed by atoms with E-state index in [1.54, 1.807) is 6.07 Å². The topological polar surface area (TPSA) is 68.0 Å². The molecule has 1 aromatic carbocycles. The first-order chi connectivity index (χ1) is 8.72. The van der Waals surface area contributed by atoms with Gasteiger partial charge in [-0.15, -0.1) is 0 Å². The van der Waals surface area contributed by atoms with E-state index in [1.165, 1.54) is 0 Å². The molecule has 1 amide bonds. The smallest absolute Gasteiger partial charge is 0.269 e. The molecular weight excluding hydrogens is 250 g/mol. The molecule has 94 valence electrons. The first-order valence-corrected chi connectivity index (χ1v) is 6.13. The number of pyridine rings is 1. The Labute approximate surface area is 110 Å². The number of hydrogen-bond acceptors (Lipinski definition) is 3. The van der Waals surface area contributed by atoms with Gasteiger partial charge in [-0.2, -0.15) is 0 Å². The minimum Gasteiger partial charge on any atom is -0.351 e. The monoisotopic (exact) mass is 263 g/mol. The molecule has 0 fully saturated rings. The third kappa shape index (κ3) is 2.78. The van der Waals surface area contributed by atoms with Crippen LogP contribution in [0.15, 0.2) is 30.3 Å². The van der Waals surface area contributed by atoms with Crippen molar-refractivity contribution in [3.63, 3.8) is 0 Å². The number of fused-ring (bicyclic) bond motifs is 1. The second-order valence-electron chi connectivity index (χ2n) is 3.90. The zero-order valence-corrected chi connectivity index (χ0v) is 10.6. The molecule has 0 atom stereocenters. The van der Waals surface area contributed by atoms with Crippen LogP contribution in [-0.4, -0.2) is 24.0 Å². The molecule has 0 saturated carbocycles. The van der Waals surface area contributed by atoms with Crippen molar-refractivity contribution in [2.45, 2.75) is 6.42 Å². The summed E-state index contributed by atoms with van der Waals surface area (Å²) in [6.07, 6.45) is 0.743. The predicted molar refractivity (Wildman–Crippen MR) is 72.8 cm³/mol. The van der Waals surface area contributed by atoms with Gasteiger partial charge < -0.3 is 11.1 Å². The van der Waals surface area contributed by atoms with Crippen LogP contribution in [0.5, 0.6) is 0 Å². The summed E-state index contributed by atoms with van der Waals surface area (Å²) in [5, 5.41) is 4.13. The van der Waals surface area contributed by atoms with E-state index in [4.69, 9.17) is 17.3 Å². The summed E-state index contributed by atoms with van der Waals surface area (Å²) >= 11 is 6.13. The molecule has 4 nitrogen and oxygen atoms in total. The molecule has 0 radical (unpaired) electrons. The Bertz CT molecular complexity index is 571. The summed E-state index contributed by atoms with van der Waals surface area (Å²) in [5.74, 6) is -0.226. The molecule has 0 unspecified atom stereocenters. The average Bonchev–Trinajstić information content (AvgIpc) is 2.39. The Morgan fingerprint density at radius 1 is 1.39 bits per heavy atom. The van der Waals surface area contributed by atoms with Crippen LogP contribution >= 0.6 is 11.6 Å². The standard InChI is InChI=1S/C13H14ClN3O/c14-10-8-12(13(18)16-7-3-6-15)17-11-5-2-1-4-9(10)11/h1-2,4-5,8H,3,6-7,15H2,(H,16,18). The molecule has 18 heavy (non-hydrogen) atoms. The van der Waals surface area contributed by atoms with Crippen molar-refractivity contribution in [2.75, 3.05) is 13.1 Å². The number of nitrogens with zero attached hydrogens (tertiary/aromatic N) is 1. The van der Waals surface area contributed by atoms with E-state index >= 15 is 0 Å². The van der Waals surface area contributed by atoms with Crippen molar-refractivity contribution < 1.29 is 4.79 Å². The van der Waals surface area contributed by atoms with E-state index < -0.39 is 0 Å². The van der Waals surface area contributed by atoms with Gasteiger partial charge in [0.15, 0.2) is 0 Å². The number of para-hydroxylation sites is 1. The second-order valence-corrected chi connectivity index (χ2v) is 4.31. The Morgan fingerprint density at radius 3 is 2.94 bits per heavy atom. The average molecular weight is 264 g/mol. The summed E-state index contributed by atoms with van der Waals surface area (Å²) in [5.41, 5.74) is 6.41. The van der Waals surface area contributed by atoms with Gasteiger partial charge >= 0.3 is 0 Å². The van der Waals surface area contributed by atoms with Crippen molar-refractivity contribution in [1.29, 1.82) is 0 Å². The minimum atomic E-state index is -0.226. The molecule has 0 bridgehead atoms. The van der Waals surface area contributed by atoms with Crippen LogP contribution in [0.1, 0.15) is 16.9 Å². The molecule has 1 heterocycles. The van der Waals surface area contributed by atoms with Crippen LogP contribution in [-0.2, 0) is 0 Å². The summed E-state index contributed by atoms with van der Waals surface area (Å²) in [4.78, 5) is 16.1. The number of hydrogen-bond donors (Lipinski definition) is 2. The largest absolute Gasteiger partial charge is 0.351 e. The molecule has 0 saturated heterocycles. The number of rotatable bonds is 4. The summed E-state index contributed by atoms with van der Waals surface area (Å²) in [6.45, 7) is 1.09. The highest BCUT2D eigenvalue weighted by atomic mass is 35.5. The lowest BCUT2D eigenvalue weighted by Crippen LogP contribution is -2.26. The van der Waals surface area contributed by atoms with E-state index in [0.717, 1.165) is 11.8 Å². The van der Waals surface area contributed by atoms with Gasteiger partial charge in [-0.25, -0.2) is 4.98 Å². The van der Waals surface area contributed by atoms with E-state index in [2.05, 4.69) is 10.3 Å². The van der Waals surface area contributed by atoms with E-state index in [1.807, 2.05) is 24.3 Å². The molecule has 1 aromatic heterocycles. The van der Waals surface area contributed by atoms with Crippen LogP contribution in [0.25, 0.3) is 10.9 Å². The fourth-order valence-electron chi connectivity index (χ4n) is 1.64. The molecule has 5 heteroatoms. The summed E-state index contributed by atoms with van der Waals surface area (Å²) < 4.78 is 0. The van der Waals surface area contributed by atoms with Crippen molar-refractivity contribution >= 4 is 28.4 Å². The molecular formula is C13H14ClN3O. The second kappa shape index (κ2) is 5.80. The van der Waals surface area contributed by atoms with Gasteiger partial charge in [-0.1, -0.05) is 29.8 Å². The number of nitrogens with one attached hydrogen (secondary N) is 1. The first-order valence-electron chi connectivity index (χ1n) is 5.76. The molecule has 0 aliphatic rings. The van der Waals surface area contributed by atoms with Crippen molar-refractivity contribution in [1.82, 2.24) is 10.3 Å². The van der Waals surface area contributed by atoms with Crippen molar-refractivity contribution in [2.24, 2.45) is 5.73 Å². The highest BCUT2D eigenvalue weighted by Crippen LogP contribution is 2.22. The number of amides is 1. The van der Waals surface area contributed by atoms with Crippen LogP contribution in [0.2, 0.25) is 5.02 Å². The van der Waals surface area contributed by atoms with Crippen molar-refractivity contribution in [3.05, 3.63) is 41.0 Å². The van der Waals surface area contributed by atoms with Gasteiger partial charge in [-0.05, 0) is 25.1 Å². The maximum absolute atomic E-state index is 11.8. The SMILES string of the molecule is NCCCNC(=O)c1cc(Cl)c2ccccc2n1. The lowest BCUT2D eigenvalue weighted by Gasteiger charge is -2.06. The molecule has 0 aliphatic heterocycles. The third-order valence-electron chi connectivity index (χ3n) is 2.56. The molecule has 2 aromatic rings. The van der Waals surface area contributed by atoms with Crippen LogP contribution in [0.3, 0.4) is 0 Å². The third-order valence-corrected chi connectivity index (χ3v) is 2.88. The first kappa shape index (κ1) is 12.8. The quantitative estimate of drug-likeness (QED) is 0.829. The Kier molecular flexibility index (Phi) is 4.12. The Hall–Kier alpha value is -1.65. The lowest BCUT2D eigenvalue weighted by atomic mass is 10.2. The molecule has 2 rings (SSSR count). The number of carbonyl (C=O) groups excluding carboxylic acids is 1. The molecule has 0 spiro atoms. The lowest BCUT2D eigenvalue weighted by molar-refractivity contribution is 0.0949. The fourth-order valence-corrected chi connectivity index (χ4v) is 1.91. The van der Waals surface area contributed by atoms with E-state index in [0.29, 0.717) is 29.3 Å². The van der Waals surface area contributed by atoms with Crippen LogP contribution in [0, 0.1) is 0 Å². The zero-order valence-electron chi connectivity index (χ0n) is 9.82. The van der Waals surface area contributed by atoms with Gasteiger partial charge in [0.1, 0.15) is 5.69 Å². The zero-order chi connectivity index (χ0) is 13.0. The van der Waals surface area contributed by atoms with Gasteiger partial charge in [-0.3, -0.25) is 4.79 Å². The predicted octanol–water partition coefficient (Wildman–Crippen LogP) is 1.97. The van der Waals surface area contributed by atoms with Gasteiger partial charge in [0.2, 0.25) is 0 Å². The van der Waals surface area contributed by atoms with E-state index in [-0.39, 0.29) is 5.91 Å². The number of benzene rings is 1. The van der Waals surface area contributed by atoms with Crippen molar-refractivity contribution in [3.8, 4) is 0 Å². The molecule has 0 aliphatic carbocycles. The number of aromatic nitrogens is 1. The molecule has 3 N–H and O–H groups in total. The minimum absolute atomic E-state index is 0.226. The highest BCUT2D eigenvalue weighted by molar-refractivity contribution is 6.35. The summed E-state index contributed by atoms with van der Waals surface area (Å²) in [7, 11) is 0. The van der Waals surface area contributed by atoms with Crippen LogP contribution < -0.4 is 11.1 Å². The van der Waals surface area contributed by atoms with Gasteiger partial charge in [0.25, 0.3) is 5.91 Å².